The van der Waals surface area contributed by atoms with Crippen molar-refractivity contribution in [1.29, 1.82) is 0 Å². The van der Waals surface area contributed by atoms with E-state index >= 15 is 0 Å². The van der Waals surface area contributed by atoms with Crippen LogP contribution in [0, 0.1) is 0 Å². The van der Waals surface area contributed by atoms with Crippen molar-refractivity contribution in [2.75, 3.05) is 12.3 Å². The first-order valence-electron chi connectivity index (χ1n) is 6.06. The maximum absolute atomic E-state index is 11.5. The van der Waals surface area contributed by atoms with Gasteiger partial charge in [-0.05, 0) is 27.2 Å². The summed E-state index contributed by atoms with van der Waals surface area (Å²) in [5, 5.41) is 13.1. The van der Waals surface area contributed by atoms with Gasteiger partial charge < -0.3 is 15.7 Å². The van der Waals surface area contributed by atoms with Gasteiger partial charge in [0.15, 0.2) is 9.84 Å². The van der Waals surface area contributed by atoms with Crippen molar-refractivity contribution in [3.63, 3.8) is 0 Å². The van der Waals surface area contributed by atoms with Gasteiger partial charge in [-0.1, -0.05) is 6.92 Å². The molecule has 7 nitrogen and oxygen atoms in total. The Bertz CT molecular complexity index is 432. The van der Waals surface area contributed by atoms with E-state index in [1.54, 1.807) is 20.8 Å². The summed E-state index contributed by atoms with van der Waals surface area (Å²) in [6, 6.07) is -0.689. The van der Waals surface area contributed by atoms with Crippen LogP contribution in [0.4, 0.5) is 4.79 Å². The minimum absolute atomic E-state index is 0.0498. The Morgan fingerprint density at radius 2 is 1.84 bits per heavy atom. The molecule has 0 rings (SSSR count). The standard InChI is InChI=1S/C11H22N2O5S/c1-5-11(4,9(14)15)13-10(16)12-6-7-19(17,18)8(2)3/h8H,5-7H2,1-4H3,(H,14,15)(H2,12,13,16). The topological polar surface area (TPSA) is 113 Å². The fourth-order valence-corrected chi connectivity index (χ4v) is 1.99. The van der Waals surface area contributed by atoms with E-state index in [2.05, 4.69) is 10.6 Å². The molecule has 0 aromatic heterocycles. The first kappa shape index (κ1) is 17.7. The number of carboxylic acids is 1. The minimum atomic E-state index is -3.22. The van der Waals surface area contributed by atoms with Crippen molar-refractivity contribution in [3.8, 4) is 0 Å². The van der Waals surface area contributed by atoms with Gasteiger partial charge in [0.25, 0.3) is 0 Å². The van der Waals surface area contributed by atoms with Crippen LogP contribution in [0.1, 0.15) is 34.1 Å². The molecule has 0 aliphatic rings. The van der Waals surface area contributed by atoms with Gasteiger partial charge in [-0.25, -0.2) is 18.0 Å². The first-order chi connectivity index (χ1) is 8.55. The second-order valence-corrected chi connectivity index (χ2v) is 7.46. The van der Waals surface area contributed by atoms with Gasteiger partial charge in [-0.3, -0.25) is 0 Å². The molecule has 0 saturated carbocycles. The summed E-state index contributed by atoms with van der Waals surface area (Å²) in [5.41, 5.74) is -1.36. The van der Waals surface area contributed by atoms with Crippen LogP contribution in [0.2, 0.25) is 0 Å². The van der Waals surface area contributed by atoms with Gasteiger partial charge in [0.05, 0.1) is 11.0 Å². The van der Waals surface area contributed by atoms with Crippen molar-refractivity contribution < 1.29 is 23.1 Å². The number of hydrogen-bond acceptors (Lipinski definition) is 4. The molecule has 0 aliphatic carbocycles. The van der Waals surface area contributed by atoms with Gasteiger partial charge in [-0.2, -0.15) is 0 Å². The Morgan fingerprint density at radius 1 is 1.32 bits per heavy atom. The summed E-state index contributed by atoms with van der Waals surface area (Å²) < 4.78 is 23.0. The fraction of sp³-hybridized carbons (Fsp3) is 0.818. The summed E-state index contributed by atoms with van der Waals surface area (Å²) in [4.78, 5) is 22.5. The number of carbonyl (C=O) groups is 2. The third-order valence-electron chi connectivity index (χ3n) is 2.96. The molecule has 0 heterocycles. The van der Waals surface area contributed by atoms with Gasteiger partial charge in [-0.15, -0.1) is 0 Å². The number of carbonyl (C=O) groups excluding carboxylic acids is 1. The molecule has 2 amide bonds. The molecule has 112 valence electrons. The third kappa shape index (κ3) is 5.46. The molecule has 0 bridgehead atoms. The van der Waals surface area contributed by atoms with Crippen LogP contribution >= 0.6 is 0 Å². The van der Waals surface area contributed by atoms with Crippen LogP contribution in [0.25, 0.3) is 0 Å². The van der Waals surface area contributed by atoms with E-state index in [9.17, 15) is 18.0 Å². The summed E-state index contributed by atoms with van der Waals surface area (Å²) in [7, 11) is -3.22. The maximum atomic E-state index is 11.5. The average molecular weight is 294 g/mol. The van der Waals surface area contributed by atoms with E-state index in [0.29, 0.717) is 0 Å². The molecular weight excluding hydrogens is 272 g/mol. The lowest BCUT2D eigenvalue weighted by molar-refractivity contribution is -0.143. The highest BCUT2D eigenvalue weighted by atomic mass is 32.2. The highest BCUT2D eigenvalue weighted by molar-refractivity contribution is 7.92. The Kier molecular flexibility index (Phi) is 6.28. The van der Waals surface area contributed by atoms with Crippen LogP contribution in [0.3, 0.4) is 0 Å². The summed E-state index contributed by atoms with van der Waals surface area (Å²) in [6.07, 6.45) is 0.222. The highest BCUT2D eigenvalue weighted by Gasteiger charge is 2.32. The van der Waals surface area contributed by atoms with Gasteiger partial charge >= 0.3 is 12.0 Å². The SMILES string of the molecule is CCC(C)(NC(=O)NCCS(=O)(=O)C(C)C)C(=O)O. The molecule has 0 aromatic carbocycles. The van der Waals surface area contributed by atoms with Crippen molar-refractivity contribution >= 4 is 21.8 Å². The molecular formula is C11H22N2O5S. The number of sulfone groups is 1. The fourth-order valence-electron chi connectivity index (χ4n) is 1.13. The predicted molar refractivity (Wildman–Crippen MR) is 71.8 cm³/mol. The number of carboxylic acid groups (broad SMARTS) is 1. The largest absolute Gasteiger partial charge is 0.480 e. The Hall–Kier alpha value is -1.31. The van der Waals surface area contributed by atoms with Gasteiger partial charge in [0.2, 0.25) is 0 Å². The van der Waals surface area contributed by atoms with Crippen molar-refractivity contribution in [2.24, 2.45) is 0 Å². The molecule has 19 heavy (non-hydrogen) atoms. The predicted octanol–water partition coefficient (Wildman–Crippen LogP) is 0.362. The smallest absolute Gasteiger partial charge is 0.329 e. The molecule has 0 aromatic rings. The Morgan fingerprint density at radius 3 is 2.21 bits per heavy atom. The molecule has 0 aliphatic heterocycles. The summed E-state index contributed by atoms with van der Waals surface area (Å²) in [5.74, 6) is -1.31. The van der Waals surface area contributed by atoms with E-state index in [-0.39, 0.29) is 18.7 Å². The zero-order valence-electron chi connectivity index (χ0n) is 11.7. The number of rotatable bonds is 7. The summed E-state index contributed by atoms with van der Waals surface area (Å²) in [6.45, 7) is 6.10. The zero-order chi connectivity index (χ0) is 15.3. The van der Waals surface area contributed by atoms with E-state index < -0.39 is 32.6 Å². The molecule has 3 N–H and O–H groups in total. The number of urea groups is 1. The third-order valence-corrected chi connectivity index (χ3v) is 5.17. The zero-order valence-corrected chi connectivity index (χ0v) is 12.5. The van der Waals surface area contributed by atoms with Crippen LogP contribution in [0.15, 0.2) is 0 Å². The van der Waals surface area contributed by atoms with Crippen molar-refractivity contribution in [3.05, 3.63) is 0 Å². The number of hydrogen-bond donors (Lipinski definition) is 3. The molecule has 0 spiro atoms. The van der Waals surface area contributed by atoms with Crippen molar-refractivity contribution in [1.82, 2.24) is 10.6 Å². The van der Waals surface area contributed by atoms with Gasteiger partial charge in [0.1, 0.15) is 5.54 Å². The minimum Gasteiger partial charge on any atom is -0.480 e. The second-order valence-electron chi connectivity index (χ2n) is 4.79. The van der Waals surface area contributed by atoms with E-state index in [0.717, 1.165) is 0 Å². The average Bonchev–Trinajstić information content (AvgIpc) is 2.27. The molecule has 8 heteroatoms. The van der Waals surface area contributed by atoms with Crippen LogP contribution in [-0.2, 0) is 14.6 Å². The second kappa shape index (κ2) is 6.74. The summed E-state index contributed by atoms with van der Waals surface area (Å²) >= 11 is 0. The van der Waals surface area contributed by atoms with Crippen LogP contribution in [-0.4, -0.2) is 48.6 Å². The molecule has 1 unspecified atom stereocenters. The van der Waals surface area contributed by atoms with E-state index in [4.69, 9.17) is 5.11 Å². The molecule has 1 atom stereocenters. The van der Waals surface area contributed by atoms with Crippen LogP contribution < -0.4 is 10.6 Å². The number of aliphatic carboxylic acids is 1. The van der Waals surface area contributed by atoms with E-state index in [1.165, 1.54) is 6.92 Å². The molecule has 0 saturated heterocycles. The normalized spacial score (nSPS) is 14.8. The molecule has 0 fully saturated rings. The van der Waals surface area contributed by atoms with Gasteiger partial charge in [0, 0.05) is 6.54 Å². The molecule has 0 radical (unpaired) electrons. The Labute approximate surface area is 113 Å². The van der Waals surface area contributed by atoms with E-state index in [1.807, 2.05) is 0 Å². The lowest BCUT2D eigenvalue weighted by Crippen LogP contribution is -2.55. The lowest BCUT2D eigenvalue weighted by Gasteiger charge is -2.24. The lowest BCUT2D eigenvalue weighted by atomic mass is 10.00. The quantitative estimate of drug-likeness (QED) is 0.627. The first-order valence-corrected chi connectivity index (χ1v) is 7.77. The number of amides is 2. The van der Waals surface area contributed by atoms with Crippen molar-refractivity contribution in [2.45, 2.75) is 44.9 Å². The Balaban J connectivity index is 4.32. The van der Waals surface area contributed by atoms with Crippen LogP contribution in [0.5, 0.6) is 0 Å². The maximum Gasteiger partial charge on any atom is 0.329 e. The monoisotopic (exact) mass is 294 g/mol. The number of nitrogens with one attached hydrogen (secondary N) is 2. The highest BCUT2D eigenvalue weighted by Crippen LogP contribution is 2.08.